The van der Waals surface area contributed by atoms with E-state index in [9.17, 15) is 14.7 Å². The van der Waals surface area contributed by atoms with Crippen LogP contribution in [-0.2, 0) is 13.6 Å². The van der Waals surface area contributed by atoms with Gasteiger partial charge < -0.3 is 9.05 Å². The molecule has 0 saturated heterocycles. The van der Waals surface area contributed by atoms with Crippen molar-refractivity contribution >= 4 is 7.60 Å². The smallest absolute Gasteiger partial charge is 0.304 e. The third kappa shape index (κ3) is 4.28. The van der Waals surface area contributed by atoms with Crippen LogP contribution in [0.2, 0.25) is 0 Å². The average molecular weight is 239 g/mol. The zero-order valence-electron chi connectivity index (χ0n) is 9.34. The van der Waals surface area contributed by atoms with Crippen molar-refractivity contribution in [2.75, 3.05) is 13.2 Å². The van der Waals surface area contributed by atoms with Gasteiger partial charge in [0.05, 0.1) is 13.2 Å². The predicted octanol–water partition coefficient (Wildman–Crippen LogP) is 2.66. The molecule has 0 amide bonds. The molecule has 0 rings (SSSR count). The maximum Gasteiger partial charge on any atom is 0.403 e. The van der Waals surface area contributed by atoms with E-state index in [-0.39, 0.29) is 19.6 Å². The Labute approximate surface area is 89.6 Å². The van der Waals surface area contributed by atoms with Crippen LogP contribution in [0.1, 0.15) is 33.6 Å². The molecular formula is C8H18NO5P. The van der Waals surface area contributed by atoms with E-state index in [0.29, 0.717) is 6.42 Å². The molecular weight excluding hydrogens is 221 g/mol. The zero-order chi connectivity index (χ0) is 11.9. The van der Waals surface area contributed by atoms with Crippen molar-refractivity contribution in [2.24, 2.45) is 0 Å². The Balaban J connectivity index is 4.81. The molecule has 0 aliphatic heterocycles. The average Bonchev–Trinajstić information content (AvgIpc) is 2.14. The summed E-state index contributed by atoms with van der Waals surface area (Å²) >= 11 is 0. The van der Waals surface area contributed by atoms with Gasteiger partial charge in [-0.3, -0.25) is 14.7 Å². The minimum absolute atomic E-state index is 0.144. The van der Waals surface area contributed by atoms with Gasteiger partial charge in [-0.15, -0.1) is 0 Å². The lowest BCUT2D eigenvalue weighted by Crippen LogP contribution is -2.22. The lowest BCUT2D eigenvalue weighted by molar-refractivity contribution is -0.502. The molecule has 0 spiro atoms. The Morgan fingerprint density at radius 3 is 2.00 bits per heavy atom. The number of nitrogens with zero attached hydrogens (tertiary/aromatic N) is 1. The fraction of sp³-hybridized carbons (Fsp3) is 1.00. The molecule has 6 nitrogen and oxygen atoms in total. The molecule has 1 atom stereocenters. The van der Waals surface area contributed by atoms with E-state index in [1.807, 2.05) is 0 Å². The second kappa shape index (κ2) is 6.93. The molecule has 0 unspecified atom stereocenters. The maximum absolute atomic E-state index is 12.1. The molecule has 0 aromatic heterocycles. The van der Waals surface area contributed by atoms with Crippen LogP contribution in [0, 0.1) is 10.1 Å². The third-order valence-electron chi connectivity index (χ3n) is 1.77. The quantitative estimate of drug-likeness (QED) is 0.369. The summed E-state index contributed by atoms with van der Waals surface area (Å²) in [5.74, 6) is -1.25. The first-order chi connectivity index (χ1) is 7.01. The second-order valence-electron chi connectivity index (χ2n) is 2.93. The molecule has 15 heavy (non-hydrogen) atoms. The largest absolute Gasteiger partial charge is 0.403 e. The van der Waals surface area contributed by atoms with Gasteiger partial charge in [-0.05, 0) is 20.3 Å². The molecule has 0 aliphatic carbocycles. The van der Waals surface area contributed by atoms with Gasteiger partial charge in [0.1, 0.15) is 0 Å². The highest BCUT2D eigenvalue weighted by atomic mass is 31.2. The van der Waals surface area contributed by atoms with Gasteiger partial charge in [0, 0.05) is 11.3 Å². The third-order valence-corrected chi connectivity index (χ3v) is 4.19. The highest BCUT2D eigenvalue weighted by Crippen LogP contribution is 2.54. The van der Waals surface area contributed by atoms with Crippen LogP contribution in [0.15, 0.2) is 0 Å². The fourth-order valence-corrected chi connectivity index (χ4v) is 3.15. The van der Waals surface area contributed by atoms with Crippen molar-refractivity contribution in [3.63, 3.8) is 0 Å². The van der Waals surface area contributed by atoms with Crippen molar-refractivity contribution in [3.8, 4) is 0 Å². The first-order valence-corrected chi connectivity index (χ1v) is 6.65. The summed E-state index contributed by atoms with van der Waals surface area (Å²) in [6, 6.07) is 0. The van der Waals surface area contributed by atoms with Crippen LogP contribution in [0.3, 0.4) is 0 Å². The number of hydrogen-bond acceptors (Lipinski definition) is 5. The van der Waals surface area contributed by atoms with Crippen molar-refractivity contribution < 1.29 is 18.5 Å². The van der Waals surface area contributed by atoms with Crippen molar-refractivity contribution in [2.45, 2.75) is 39.4 Å². The highest BCUT2D eigenvalue weighted by Gasteiger charge is 2.44. The van der Waals surface area contributed by atoms with Crippen LogP contribution in [-0.4, -0.2) is 23.9 Å². The van der Waals surface area contributed by atoms with E-state index >= 15 is 0 Å². The summed E-state index contributed by atoms with van der Waals surface area (Å²) in [7, 11) is -3.60. The molecule has 0 aliphatic rings. The molecule has 0 heterocycles. The molecule has 0 aromatic carbocycles. The fourth-order valence-electron chi connectivity index (χ4n) is 1.21. The van der Waals surface area contributed by atoms with E-state index in [2.05, 4.69) is 0 Å². The van der Waals surface area contributed by atoms with Gasteiger partial charge in [-0.2, -0.15) is 0 Å². The predicted molar refractivity (Wildman–Crippen MR) is 56.5 cm³/mol. The standard InChI is InChI=1S/C8H18NO5P/c1-4-7-8(9(10)11)15(12,13-5-2)14-6-3/h8H,4-7H2,1-3H3/t8-/m0/s1. The molecule has 0 fully saturated rings. The Morgan fingerprint density at radius 1 is 1.27 bits per heavy atom. The minimum atomic E-state index is -3.60. The lowest BCUT2D eigenvalue weighted by atomic mass is 10.3. The van der Waals surface area contributed by atoms with Gasteiger partial charge in [-0.1, -0.05) is 6.92 Å². The highest BCUT2D eigenvalue weighted by molar-refractivity contribution is 7.54. The van der Waals surface area contributed by atoms with Gasteiger partial charge in [0.2, 0.25) is 0 Å². The molecule has 0 N–H and O–H groups in total. The van der Waals surface area contributed by atoms with Crippen molar-refractivity contribution in [3.05, 3.63) is 10.1 Å². The minimum Gasteiger partial charge on any atom is -0.304 e. The van der Waals surface area contributed by atoms with E-state index < -0.39 is 18.3 Å². The number of nitro groups is 1. The number of rotatable bonds is 8. The molecule has 90 valence electrons. The van der Waals surface area contributed by atoms with E-state index in [4.69, 9.17) is 9.05 Å². The summed E-state index contributed by atoms with van der Waals surface area (Å²) in [5.41, 5.74) is 0. The normalized spacial score (nSPS) is 13.8. The van der Waals surface area contributed by atoms with Gasteiger partial charge >= 0.3 is 13.4 Å². The lowest BCUT2D eigenvalue weighted by Gasteiger charge is -2.19. The number of hydrogen-bond donors (Lipinski definition) is 0. The Hall–Kier alpha value is -0.450. The monoisotopic (exact) mass is 239 g/mol. The Morgan fingerprint density at radius 2 is 1.73 bits per heavy atom. The summed E-state index contributed by atoms with van der Waals surface area (Å²) < 4.78 is 21.9. The SMILES string of the molecule is CCC[C@@H]([N+](=O)[O-])P(=O)(OCC)OCC. The van der Waals surface area contributed by atoms with Gasteiger partial charge in [0.25, 0.3) is 0 Å². The van der Waals surface area contributed by atoms with Crippen molar-refractivity contribution in [1.82, 2.24) is 0 Å². The van der Waals surface area contributed by atoms with Crippen LogP contribution in [0.25, 0.3) is 0 Å². The van der Waals surface area contributed by atoms with E-state index in [0.717, 1.165) is 0 Å². The summed E-state index contributed by atoms with van der Waals surface area (Å²) in [5, 5.41) is 10.8. The second-order valence-corrected chi connectivity index (χ2v) is 5.12. The summed E-state index contributed by atoms with van der Waals surface area (Å²) in [6.07, 6.45) is 0.764. The molecule has 0 radical (unpaired) electrons. The van der Waals surface area contributed by atoms with E-state index in [1.165, 1.54) is 0 Å². The van der Waals surface area contributed by atoms with Gasteiger partial charge in [0.15, 0.2) is 0 Å². The Bertz CT molecular complexity index is 235. The maximum atomic E-state index is 12.1. The molecule has 0 saturated carbocycles. The topological polar surface area (TPSA) is 78.7 Å². The van der Waals surface area contributed by atoms with Crippen LogP contribution < -0.4 is 0 Å². The van der Waals surface area contributed by atoms with E-state index in [1.54, 1.807) is 20.8 Å². The van der Waals surface area contributed by atoms with Gasteiger partial charge in [-0.25, -0.2) is 0 Å². The van der Waals surface area contributed by atoms with Crippen LogP contribution in [0.4, 0.5) is 0 Å². The molecule has 0 bridgehead atoms. The first kappa shape index (κ1) is 14.6. The Kier molecular flexibility index (Phi) is 6.72. The zero-order valence-corrected chi connectivity index (χ0v) is 10.2. The van der Waals surface area contributed by atoms with Crippen molar-refractivity contribution in [1.29, 1.82) is 0 Å². The van der Waals surface area contributed by atoms with Crippen LogP contribution in [0.5, 0.6) is 0 Å². The first-order valence-electron chi connectivity index (χ1n) is 5.04. The summed E-state index contributed by atoms with van der Waals surface area (Å²) in [4.78, 5) is 10.2. The molecule has 7 heteroatoms. The van der Waals surface area contributed by atoms with Crippen LogP contribution >= 0.6 is 7.60 Å². The summed E-state index contributed by atoms with van der Waals surface area (Å²) in [6.45, 7) is 5.35. The molecule has 0 aromatic rings.